The van der Waals surface area contributed by atoms with E-state index in [2.05, 4.69) is 15.1 Å². The van der Waals surface area contributed by atoms with Crippen LogP contribution in [0.25, 0.3) is 0 Å². The second kappa shape index (κ2) is 5.90. The maximum absolute atomic E-state index is 12.4. The van der Waals surface area contributed by atoms with E-state index in [4.69, 9.17) is 9.26 Å². The molecule has 1 saturated heterocycles. The highest BCUT2D eigenvalue weighted by atomic mass is 16.5. The highest BCUT2D eigenvalue weighted by Gasteiger charge is 2.28. The van der Waals surface area contributed by atoms with Crippen molar-refractivity contribution in [3.63, 3.8) is 0 Å². The van der Waals surface area contributed by atoms with Crippen molar-refractivity contribution in [3.8, 4) is 6.01 Å². The fraction of sp³-hybridized carbons (Fsp3) is 0.429. The summed E-state index contributed by atoms with van der Waals surface area (Å²) in [6.07, 6.45) is 6.40. The Labute approximate surface area is 121 Å². The molecule has 110 valence electrons. The predicted octanol–water partition coefficient (Wildman–Crippen LogP) is 1.46. The summed E-state index contributed by atoms with van der Waals surface area (Å²) in [5.41, 5.74) is 0.506. The number of rotatable bonds is 3. The quantitative estimate of drug-likeness (QED) is 0.850. The SMILES string of the molecule is Cc1oncc1C(=O)N1CCC[C@@H](Oc2ncccn2)C1. The molecule has 1 aliphatic heterocycles. The molecule has 2 aromatic rings. The summed E-state index contributed by atoms with van der Waals surface area (Å²) in [7, 11) is 0. The average molecular weight is 288 g/mol. The van der Waals surface area contributed by atoms with Gasteiger partial charge in [-0.2, -0.15) is 0 Å². The first-order chi connectivity index (χ1) is 10.2. The number of nitrogens with zero attached hydrogens (tertiary/aromatic N) is 4. The van der Waals surface area contributed by atoms with E-state index in [1.165, 1.54) is 6.20 Å². The van der Waals surface area contributed by atoms with Crippen LogP contribution in [0.5, 0.6) is 6.01 Å². The molecule has 0 unspecified atom stereocenters. The maximum Gasteiger partial charge on any atom is 0.316 e. The second-order valence-electron chi connectivity index (χ2n) is 4.96. The lowest BCUT2D eigenvalue weighted by molar-refractivity contribution is 0.0514. The van der Waals surface area contributed by atoms with Gasteiger partial charge in [-0.3, -0.25) is 4.79 Å². The topological polar surface area (TPSA) is 81.4 Å². The molecule has 1 aliphatic rings. The Morgan fingerprint density at radius 3 is 2.95 bits per heavy atom. The molecule has 0 N–H and O–H groups in total. The van der Waals surface area contributed by atoms with Crippen molar-refractivity contribution in [2.45, 2.75) is 25.9 Å². The van der Waals surface area contributed by atoms with Crippen LogP contribution >= 0.6 is 0 Å². The Morgan fingerprint density at radius 2 is 2.24 bits per heavy atom. The molecule has 3 rings (SSSR count). The van der Waals surface area contributed by atoms with Crippen LogP contribution < -0.4 is 4.74 Å². The molecule has 1 fully saturated rings. The largest absolute Gasteiger partial charge is 0.458 e. The van der Waals surface area contributed by atoms with Crippen molar-refractivity contribution in [1.29, 1.82) is 0 Å². The van der Waals surface area contributed by atoms with Gasteiger partial charge in [-0.25, -0.2) is 9.97 Å². The number of likely N-dealkylation sites (tertiary alicyclic amines) is 1. The van der Waals surface area contributed by atoms with Gasteiger partial charge in [-0.1, -0.05) is 5.16 Å². The third-order valence-electron chi connectivity index (χ3n) is 3.46. The minimum atomic E-state index is -0.0923. The molecule has 7 heteroatoms. The normalized spacial score (nSPS) is 18.5. The van der Waals surface area contributed by atoms with E-state index in [0.29, 0.717) is 30.4 Å². The number of hydrogen-bond donors (Lipinski definition) is 0. The van der Waals surface area contributed by atoms with Crippen molar-refractivity contribution in [2.75, 3.05) is 13.1 Å². The Kier molecular flexibility index (Phi) is 3.81. The monoisotopic (exact) mass is 288 g/mol. The number of ether oxygens (including phenoxy) is 1. The lowest BCUT2D eigenvalue weighted by atomic mass is 10.1. The number of carbonyl (C=O) groups excluding carboxylic acids is 1. The van der Waals surface area contributed by atoms with Crippen LogP contribution in [0.15, 0.2) is 29.2 Å². The van der Waals surface area contributed by atoms with Crippen molar-refractivity contribution < 1.29 is 14.1 Å². The summed E-state index contributed by atoms with van der Waals surface area (Å²) in [6, 6.07) is 2.08. The van der Waals surface area contributed by atoms with Crippen LogP contribution in [-0.2, 0) is 0 Å². The Hall–Kier alpha value is -2.44. The fourth-order valence-electron chi connectivity index (χ4n) is 2.39. The number of amides is 1. The molecular formula is C14H16N4O3. The molecule has 2 aromatic heterocycles. The molecule has 0 radical (unpaired) electrons. The zero-order chi connectivity index (χ0) is 14.7. The Balaban J connectivity index is 1.66. The fourth-order valence-corrected chi connectivity index (χ4v) is 2.39. The number of hydrogen-bond acceptors (Lipinski definition) is 6. The van der Waals surface area contributed by atoms with Crippen LogP contribution in [0, 0.1) is 6.92 Å². The first-order valence-corrected chi connectivity index (χ1v) is 6.88. The zero-order valence-corrected chi connectivity index (χ0v) is 11.7. The van der Waals surface area contributed by atoms with E-state index in [0.717, 1.165) is 12.8 Å². The second-order valence-corrected chi connectivity index (χ2v) is 4.96. The van der Waals surface area contributed by atoms with Crippen LogP contribution in [-0.4, -0.2) is 45.1 Å². The average Bonchev–Trinajstić information content (AvgIpc) is 2.94. The van der Waals surface area contributed by atoms with E-state index >= 15 is 0 Å². The smallest absolute Gasteiger partial charge is 0.316 e. The number of carbonyl (C=O) groups is 1. The Bertz CT molecular complexity index is 614. The molecule has 0 saturated carbocycles. The highest BCUT2D eigenvalue weighted by molar-refractivity contribution is 5.94. The van der Waals surface area contributed by atoms with Gasteiger partial charge in [0.1, 0.15) is 17.4 Å². The molecule has 7 nitrogen and oxygen atoms in total. The van der Waals surface area contributed by atoms with Gasteiger partial charge in [0.05, 0.1) is 12.7 Å². The van der Waals surface area contributed by atoms with E-state index < -0.39 is 0 Å². The van der Waals surface area contributed by atoms with Gasteiger partial charge in [0.25, 0.3) is 5.91 Å². The maximum atomic E-state index is 12.4. The number of aryl methyl sites for hydroxylation is 1. The van der Waals surface area contributed by atoms with Gasteiger partial charge in [-0.15, -0.1) is 0 Å². The van der Waals surface area contributed by atoms with Crippen LogP contribution in [0.3, 0.4) is 0 Å². The minimum Gasteiger partial charge on any atom is -0.458 e. The molecule has 21 heavy (non-hydrogen) atoms. The summed E-state index contributed by atoms with van der Waals surface area (Å²) in [5, 5.41) is 3.65. The van der Waals surface area contributed by atoms with E-state index in [1.54, 1.807) is 30.3 Å². The van der Waals surface area contributed by atoms with E-state index in [-0.39, 0.29) is 12.0 Å². The zero-order valence-electron chi connectivity index (χ0n) is 11.7. The van der Waals surface area contributed by atoms with E-state index in [9.17, 15) is 4.79 Å². The third-order valence-corrected chi connectivity index (χ3v) is 3.46. The molecule has 1 atom stereocenters. The molecule has 1 amide bonds. The van der Waals surface area contributed by atoms with Gasteiger partial charge >= 0.3 is 6.01 Å². The van der Waals surface area contributed by atoms with Crippen molar-refractivity contribution in [2.24, 2.45) is 0 Å². The first-order valence-electron chi connectivity index (χ1n) is 6.88. The van der Waals surface area contributed by atoms with Gasteiger partial charge in [0.2, 0.25) is 0 Å². The van der Waals surface area contributed by atoms with Crippen molar-refractivity contribution >= 4 is 5.91 Å². The Morgan fingerprint density at radius 1 is 1.43 bits per heavy atom. The molecule has 0 aromatic carbocycles. The molecule has 3 heterocycles. The molecule has 0 bridgehead atoms. The van der Waals surface area contributed by atoms with E-state index in [1.807, 2.05) is 0 Å². The third kappa shape index (κ3) is 3.01. The van der Waals surface area contributed by atoms with Crippen LogP contribution in [0.4, 0.5) is 0 Å². The summed E-state index contributed by atoms with van der Waals surface area (Å²) in [4.78, 5) is 22.3. The summed E-state index contributed by atoms with van der Waals surface area (Å²) in [6.45, 7) is 2.95. The molecular weight excluding hydrogens is 272 g/mol. The standard InChI is InChI=1S/C14H16N4O3/c1-10-12(8-17-21-10)13(19)18-7-2-4-11(9-18)20-14-15-5-3-6-16-14/h3,5-6,8,11H,2,4,7,9H2,1H3/t11-/m1/s1. The summed E-state index contributed by atoms with van der Waals surface area (Å²) >= 11 is 0. The molecule has 0 aliphatic carbocycles. The van der Waals surface area contributed by atoms with Gasteiger partial charge in [0.15, 0.2) is 0 Å². The van der Waals surface area contributed by atoms with Crippen LogP contribution in [0.1, 0.15) is 29.0 Å². The van der Waals surface area contributed by atoms with Crippen LogP contribution in [0.2, 0.25) is 0 Å². The summed E-state index contributed by atoms with van der Waals surface area (Å²) < 4.78 is 10.7. The molecule has 0 spiro atoms. The minimum absolute atomic E-state index is 0.0731. The predicted molar refractivity (Wildman–Crippen MR) is 72.8 cm³/mol. The highest BCUT2D eigenvalue weighted by Crippen LogP contribution is 2.18. The lowest BCUT2D eigenvalue weighted by Gasteiger charge is -2.32. The van der Waals surface area contributed by atoms with Gasteiger partial charge in [0, 0.05) is 18.9 Å². The first kappa shape index (κ1) is 13.5. The summed E-state index contributed by atoms with van der Waals surface area (Å²) in [5.74, 6) is 0.463. The lowest BCUT2D eigenvalue weighted by Crippen LogP contribution is -2.44. The van der Waals surface area contributed by atoms with Crippen molar-refractivity contribution in [3.05, 3.63) is 36.0 Å². The number of aromatic nitrogens is 3. The van der Waals surface area contributed by atoms with Crippen molar-refractivity contribution in [1.82, 2.24) is 20.0 Å². The van der Waals surface area contributed by atoms with Gasteiger partial charge in [-0.05, 0) is 25.8 Å². The van der Waals surface area contributed by atoms with Gasteiger partial charge < -0.3 is 14.2 Å². The number of piperidine rings is 1.